The third-order valence-corrected chi connectivity index (χ3v) is 4.94. The van der Waals surface area contributed by atoms with E-state index in [0.29, 0.717) is 40.4 Å². The van der Waals surface area contributed by atoms with Gasteiger partial charge in [0.05, 0.1) is 16.6 Å². The van der Waals surface area contributed by atoms with Crippen LogP contribution in [0.2, 0.25) is 0 Å². The molecule has 30 heavy (non-hydrogen) atoms. The van der Waals surface area contributed by atoms with Gasteiger partial charge >= 0.3 is 0 Å². The van der Waals surface area contributed by atoms with Crippen LogP contribution < -0.4 is 10.6 Å². The minimum absolute atomic E-state index is 0.00768. The summed E-state index contributed by atoms with van der Waals surface area (Å²) in [5, 5.41) is 10.6. The highest BCUT2D eigenvalue weighted by Gasteiger charge is 2.30. The van der Waals surface area contributed by atoms with E-state index in [0.717, 1.165) is 24.2 Å². The van der Waals surface area contributed by atoms with Gasteiger partial charge in [0.25, 0.3) is 11.6 Å². The largest absolute Gasteiger partial charge is 0.336 e. The monoisotopic (exact) mass is 406 g/mol. The first-order valence-electron chi connectivity index (χ1n) is 10.2. The zero-order valence-electron chi connectivity index (χ0n) is 17.7. The van der Waals surface area contributed by atoms with Gasteiger partial charge < -0.3 is 15.2 Å². The number of aromatic nitrogens is 2. The standard InChI is InChI=1S/C23H26N4O3/c1-13(28)24-15-7-9-16(10-8-15)25-21(29)17-11-18(14-5-6-14)26-22-20(17)19(27-30-22)12-23(2,3)4/h7-11,14H,5-6,12H2,1-4H3,(H,24,28)(H,25,29). The lowest BCUT2D eigenvalue weighted by atomic mass is 9.89. The van der Waals surface area contributed by atoms with Crippen LogP contribution >= 0.6 is 0 Å². The lowest BCUT2D eigenvalue weighted by molar-refractivity contribution is -0.114. The van der Waals surface area contributed by atoms with E-state index in [1.807, 2.05) is 6.07 Å². The first-order valence-corrected chi connectivity index (χ1v) is 10.2. The van der Waals surface area contributed by atoms with Crippen molar-refractivity contribution in [3.05, 3.63) is 47.3 Å². The maximum Gasteiger partial charge on any atom is 0.259 e. The molecule has 1 saturated carbocycles. The molecular formula is C23H26N4O3. The molecule has 1 fully saturated rings. The van der Waals surface area contributed by atoms with Gasteiger partial charge in [0.15, 0.2) is 0 Å². The number of pyridine rings is 1. The van der Waals surface area contributed by atoms with Crippen molar-refractivity contribution in [3.63, 3.8) is 0 Å². The van der Waals surface area contributed by atoms with Gasteiger partial charge in [-0.15, -0.1) is 0 Å². The number of carbonyl (C=O) groups is 2. The number of benzene rings is 1. The molecule has 1 aromatic carbocycles. The molecule has 0 aliphatic heterocycles. The summed E-state index contributed by atoms with van der Waals surface area (Å²) in [4.78, 5) is 29.0. The first-order chi connectivity index (χ1) is 14.2. The molecular weight excluding hydrogens is 380 g/mol. The zero-order chi connectivity index (χ0) is 21.5. The van der Waals surface area contributed by atoms with Crippen molar-refractivity contribution in [2.24, 2.45) is 5.41 Å². The number of carbonyl (C=O) groups excluding carboxylic acids is 2. The van der Waals surface area contributed by atoms with E-state index < -0.39 is 0 Å². The van der Waals surface area contributed by atoms with Crippen LogP contribution in [0.4, 0.5) is 11.4 Å². The zero-order valence-corrected chi connectivity index (χ0v) is 17.7. The van der Waals surface area contributed by atoms with Crippen LogP contribution in [0, 0.1) is 5.41 Å². The second-order valence-corrected chi connectivity index (χ2v) is 9.13. The Kier molecular flexibility index (Phi) is 5.05. The molecule has 0 spiro atoms. The Hall–Kier alpha value is -3.22. The van der Waals surface area contributed by atoms with E-state index in [-0.39, 0.29) is 17.2 Å². The minimum Gasteiger partial charge on any atom is -0.336 e. The normalized spacial score (nSPS) is 14.0. The van der Waals surface area contributed by atoms with Crippen LogP contribution in [0.25, 0.3) is 11.1 Å². The first kappa shape index (κ1) is 20.1. The number of hydrogen-bond acceptors (Lipinski definition) is 5. The average Bonchev–Trinajstić information content (AvgIpc) is 3.44. The molecule has 7 nitrogen and oxygen atoms in total. The van der Waals surface area contributed by atoms with Gasteiger partial charge in [-0.25, -0.2) is 4.98 Å². The second kappa shape index (κ2) is 7.55. The molecule has 7 heteroatoms. The topological polar surface area (TPSA) is 97.1 Å². The lowest BCUT2D eigenvalue weighted by Gasteiger charge is -2.16. The third-order valence-electron chi connectivity index (χ3n) is 4.94. The summed E-state index contributed by atoms with van der Waals surface area (Å²) in [6, 6.07) is 8.89. The Morgan fingerprint density at radius 2 is 1.73 bits per heavy atom. The highest BCUT2D eigenvalue weighted by atomic mass is 16.5. The number of anilines is 2. The third kappa shape index (κ3) is 4.50. The highest BCUT2D eigenvalue weighted by molar-refractivity contribution is 6.12. The van der Waals surface area contributed by atoms with Crippen molar-refractivity contribution in [2.45, 2.75) is 52.9 Å². The smallest absolute Gasteiger partial charge is 0.259 e. The van der Waals surface area contributed by atoms with Crippen LogP contribution in [0.5, 0.6) is 0 Å². The van der Waals surface area contributed by atoms with E-state index in [9.17, 15) is 9.59 Å². The lowest BCUT2D eigenvalue weighted by Crippen LogP contribution is -2.15. The molecule has 156 valence electrons. The number of hydrogen-bond donors (Lipinski definition) is 2. The van der Waals surface area contributed by atoms with Crippen LogP contribution in [-0.4, -0.2) is 22.0 Å². The van der Waals surface area contributed by atoms with Crippen molar-refractivity contribution in [1.82, 2.24) is 10.1 Å². The number of rotatable bonds is 5. The molecule has 0 unspecified atom stereocenters. The van der Waals surface area contributed by atoms with Gasteiger partial charge in [-0.05, 0) is 55.0 Å². The van der Waals surface area contributed by atoms with Gasteiger partial charge in [-0.1, -0.05) is 25.9 Å². The van der Waals surface area contributed by atoms with Crippen LogP contribution in [0.1, 0.15) is 68.2 Å². The number of fused-ring (bicyclic) bond motifs is 1. The molecule has 0 radical (unpaired) electrons. The molecule has 1 aliphatic carbocycles. The van der Waals surface area contributed by atoms with Gasteiger partial charge in [-0.2, -0.15) is 0 Å². The Labute approximate surface area is 175 Å². The fourth-order valence-corrected chi connectivity index (χ4v) is 3.46. The summed E-state index contributed by atoms with van der Waals surface area (Å²) in [7, 11) is 0. The van der Waals surface area contributed by atoms with E-state index in [1.165, 1.54) is 6.92 Å². The van der Waals surface area contributed by atoms with E-state index in [1.54, 1.807) is 24.3 Å². The van der Waals surface area contributed by atoms with Crippen molar-refractivity contribution < 1.29 is 14.1 Å². The quantitative estimate of drug-likeness (QED) is 0.628. The molecule has 4 rings (SSSR count). The number of nitrogens with zero attached hydrogens (tertiary/aromatic N) is 2. The Morgan fingerprint density at radius 1 is 1.10 bits per heavy atom. The number of amides is 2. The van der Waals surface area contributed by atoms with E-state index >= 15 is 0 Å². The van der Waals surface area contributed by atoms with Gasteiger partial charge in [0, 0.05) is 29.9 Å². The minimum atomic E-state index is -0.227. The van der Waals surface area contributed by atoms with Crippen LogP contribution in [0.3, 0.4) is 0 Å². The molecule has 2 N–H and O–H groups in total. The summed E-state index contributed by atoms with van der Waals surface area (Å²) in [5.41, 5.74) is 3.89. The fourth-order valence-electron chi connectivity index (χ4n) is 3.46. The second-order valence-electron chi connectivity index (χ2n) is 9.13. The molecule has 0 bridgehead atoms. The summed E-state index contributed by atoms with van der Waals surface area (Å²) >= 11 is 0. The van der Waals surface area contributed by atoms with Crippen LogP contribution in [-0.2, 0) is 11.2 Å². The summed E-state index contributed by atoms with van der Waals surface area (Å²) in [6.07, 6.45) is 2.83. The fraction of sp³-hybridized carbons (Fsp3) is 0.391. The summed E-state index contributed by atoms with van der Waals surface area (Å²) in [5.74, 6) is 0.0152. The Morgan fingerprint density at radius 3 is 2.30 bits per heavy atom. The van der Waals surface area contributed by atoms with Gasteiger partial charge in [-0.3, -0.25) is 9.59 Å². The van der Waals surface area contributed by atoms with Crippen molar-refractivity contribution >= 4 is 34.3 Å². The van der Waals surface area contributed by atoms with Crippen LogP contribution in [0.15, 0.2) is 34.9 Å². The SMILES string of the molecule is CC(=O)Nc1ccc(NC(=O)c2cc(C3CC3)nc3onc(CC(C)(C)C)c23)cc1. The maximum atomic E-state index is 13.2. The van der Waals surface area contributed by atoms with E-state index in [4.69, 9.17) is 4.52 Å². The molecule has 3 aromatic rings. The van der Waals surface area contributed by atoms with E-state index in [2.05, 4.69) is 41.5 Å². The molecule has 0 saturated heterocycles. The molecule has 2 aromatic heterocycles. The van der Waals surface area contributed by atoms with Crippen molar-refractivity contribution in [1.29, 1.82) is 0 Å². The molecule has 0 atom stereocenters. The van der Waals surface area contributed by atoms with Crippen molar-refractivity contribution in [3.8, 4) is 0 Å². The van der Waals surface area contributed by atoms with Gasteiger partial charge in [0.2, 0.25) is 5.91 Å². The van der Waals surface area contributed by atoms with Gasteiger partial charge in [0.1, 0.15) is 0 Å². The highest BCUT2D eigenvalue weighted by Crippen LogP contribution is 2.41. The Bertz CT molecular complexity index is 1110. The average molecular weight is 406 g/mol. The summed E-state index contributed by atoms with van der Waals surface area (Å²) < 4.78 is 5.53. The predicted molar refractivity (Wildman–Crippen MR) is 116 cm³/mol. The maximum absolute atomic E-state index is 13.2. The molecule has 2 amide bonds. The Balaban J connectivity index is 1.67. The number of nitrogens with one attached hydrogen (secondary N) is 2. The molecule has 2 heterocycles. The predicted octanol–water partition coefficient (Wildman–Crippen LogP) is 4.90. The molecule has 1 aliphatic rings. The summed E-state index contributed by atoms with van der Waals surface area (Å²) in [6.45, 7) is 7.82. The van der Waals surface area contributed by atoms with Crippen molar-refractivity contribution in [2.75, 3.05) is 10.6 Å².